The highest BCUT2D eigenvalue weighted by Crippen LogP contribution is 2.29. The van der Waals surface area contributed by atoms with E-state index in [4.69, 9.17) is 0 Å². The molecule has 2 heterocycles. The Morgan fingerprint density at radius 1 is 1.24 bits per heavy atom. The summed E-state index contributed by atoms with van der Waals surface area (Å²) in [6.45, 7) is 4.19. The number of halogens is 1. The van der Waals surface area contributed by atoms with E-state index >= 15 is 0 Å². The lowest BCUT2D eigenvalue weighted by atomic mass is 10.0. The van der Waals surface area contributed by atoms with Gasteiger partial charge in [0.15, 0.2) is 0 Å². The molecule has 138 valence electrons. The van der Waals surface area contributed by atoms with E-state index in [9.17, 15) is 9.59 Å². The Labute approximate surface area is 156 Å². The molecule has 0 saturated carbocycles. The number of rotatable bonds is 4. The van der Waals surface area contributed by atoms with Gasteiger partial charge >= 0.3 is 0 Å². The van der Waals surface area contributed by atoms with E-state index in [1.807, 2.05) is 35.0 Å². The number of carbonyl (C=O) groups excluding carboxylic acids is 2. The standard InChI is InChI=1S/C19H27N3O2.ClH/c1-3-14-6-4-5-7-17(14)22-13-15(12-18(22)23)19(24)21-10-8-16(20-2)9-11-21;/h4-7,15-16,20H,3,8-13H2,1-2H3;1H. The number of benzene rings is 1. The Kier molecular flexibility index (Phi) is 6.85. The van der Waals surface area contributed by atoms with Gasteiger partial charge in [-0.05, 0) is 37.9 Å². The molecule has 0 bridgehead atoms. The van der Waals surface area contributed by atoms with Crippen molar-refractivity contribution in [3.63, 3.8) is 0 Å². The average Bonchev–Trinajstić information content (AvgIpc) is 3.02. The highest BCUT2D eigenvalue weighted by Gasteiger charge is 2.38. The van der Waals surface area contributed by atoms with E-state index in [2.05, 4.69) is 18.3 Å². The van der Waals surface area contributed by atoms with E-state index in [1.54, 1.807) is 0 Å². The molecule has 2 amide bonds. The molecule has 2 aliphatic rings. The van der Waals surface area contributed by atoms with Gasteiger partial charge < -0.3 is 15.1 Å². The van der Waals surface area contributed by atoms with Crippen molar-refractivity contribution in [3.05, 3.63) is 29.8 Å². The first-order valence-corrected chi connectivity index (χ1v) is 8.98. The maximum Gasteiger partial charge on any atom is 0.228 e. The number of likely N-dealkylation sites (tertiary alicyclic amines) is 1. The first-order valence-electron chi connectivity index (χ1n) is 8.98. The summed E-state index contributed by atoms with van der Waals surface area (Å²) in [5.74, 6) is 0.0160. The number of piperidine rings is 1. The monoisotopic (exact) mass is 365 g/mol. The van der Waals surface area contributed by atoms with Gasteiger partial charge in [0.25, 0.3) is 0 Å². The fourth-order valence-electron chi connectivity index (χ4n) is 3.83. The second-order valence-electron chi connectivity index (χ2n) is 6.78. The summed E-state index contributed by atoms with van der Waals surface area (Å²) < 4.78 is 0. The fourth-order valence-corrected chi connectivity index (χ4v) is 3.83. The number of anilines is 1. The van der Waals surface area contributed by atoms with Crippen LogP contribution in [0.15, 0.2) is 24.3 Å². The number of carbonyl (C=O) groups is 2. The van der Waals surface area contributed by atoms with Crippen LogP contribution < -0.4 is 10.2 Å². The van der Waals surface area contributed by atoms with Gasteiger partial charge in [-0.15, -0.1) is 12.4 Å². The van der Waals surface area contributed by atoms with Crippen LogP contribution in [0.1, 0.15) is 31.7 Å². The molecule has 0 spiro atoms. The quantitative estimate of drug-likeness (QED) is 0.890. The zero-order valence-corrected chi connectivity index (χ0v) is 15.8. The smallest absolute Gasteiger partial charge is 0.228 e. The molecule has 2 aliphatic heterocycles. The van der Waals surface area contributed by atoms with Crippen molar-refractivity contribution in [1.29, 1.82) is 0 Å². The van der Waals surface area contributed by atoms with Gasteiger partial charge in [0.2, 0.25) is 11.8 Å². The zero-order valence-electron chi connectivity index (χ0n) is 15.0. The van der Waals surface area contributed by atoms with Gasteiger partial charge in [0.05, 0.1) is 5.92 Å². The summed E-state index contributed by atoms with van der Waals surface area (Å²) >= 11 is 0. The molecule has 5 nitrogen and oxygen atoms in total. The van der Waals surface area contributed by atoms with Crippen molar-refractivity contribution < 1.29 is 9.59 Å². The third kappa shape index (κ3) is 4.15. The molecule has 6 heteroatoms. The minimum Gasteiger partial charge on any atom is -0.342 e. The number of nitrogens with one attached hydrogen (secondary N) is 1. The van der Waals surface area contributed by atoms with Gasteiger partial charge in [-0.2, -0.15) is 0 Å². The fraction of sp³-hybridized carbons (Fsp3) is 0.579. The van der Waals surface area contributed by atoms with Crippen molar-refractivity contribution in [3.8, 4) is 0 Å². The minimum atomic E-state index is -0.200. The number of hydrogen-bond acceptors (Lipinski definition) is 3. The predicted molar refractivity (Wildman–Crippen MR) is 102 cm³/mol. The van der Waals surface area contributed by atoms with E-state index in [0.717, 1.165) is 43.6 Å². The Morgan fingerprint density at radius 2 is 1.92 bits per heavy atom. The Hall–Kier alpha value is -1.59. The van der Waals surface area contributed by atoms with Gasteiger partial charge in [-0.25, -0.2) is 0 Å². The van der Waals surface area contributed by atoms with E-state index in [0.29, 0.717) is 19.0 Å². The molecule has 0 aliphatic carbocycles. The van der Waals surface area contributed by atoms with Crippen molar-refractivity contribution >= 4 is 29.9 Å². The largest absolute Gasteiger partial charge is 0.342 e. The highest BCUT2D eigenvalue weighted by molar-refractivity contribution is 6.00. The van der Waals surface area contributed by atoms with Crippen LogP contribution in [0.5, 0.6) is 0 Å². The zero-order chi connectivity index (χ0) is 17.1. The Balaban J connectivity index is 0.00000225. The third-order valence-electron chi connectivity index (χ3n) is 5.35. The number of amides is 2. The highest BCUT2D eigenvalue weighted by atomic mass is 35.5. The van der Waals surface area contributed by atoms with Gasteiger partial charge in [-0.3, -0.25) is 9.59 Å². The van der Waals surface area contributed by atoms with Crippen LogP contribution in [0, 0.1) is 5.92 Å². The summed E-state index contributed by atoms with van der Waals surface area (Å²) in [4.78, 5) is 29.0. The maximum absolute atomic E-state index is 12.8. The molecule has 2 fully saturated rings. The third-order valence-corrected chi connectivity index (χ3v) is 5.35. The van der Waals surface area contributed by atoms with Gasteiger partial charge in [-0.1, -0.05) is 25.1 Å². The number of hydrogen-bond donors (Lipinski definition) is 1. The van der Waals surface area contributed by atoms with Crippen molar-refractivity contribution in [1.82, 2.24) is 10.2 Å². The second-order valence-corrected chi connectivity index (χ2v) is 6.78. The molecule has 1 unspecified atom stereocenters. The molecular formula is C19H28ClN3O2. The summed E-state index contributed by atoms with van der Waals surface area (Å²) in [7, 11) is 1.97. The summed E-state index contributed by atoms with van der Waals surface area (Å²) in [6, 6.07) is 8.51. The lowest BCUT2D eigenvalue weighted by molar-refractivity contribution is -0.136. The molecule has 1 aromatic carbocycles. The predicted octanol–water partition coefficient (Wildman–Crippen LogP) is 2.23. The lowest BCUT2D eigenvalue weighted by Crippen LogP contribution is -2.46. The van der Waals surface area contributed by atoms with Crippen LogP contribution in [0.25, 0.3) is 0 Å². The van der Waals surface area contributed by atoms with Crippen LogP contribution in [0.3, 0.4) is 0 Å². The van der Waals surface area contributed by atoms with Crippen molar-refractivity contribution in [2.24, 2.45) is 5.92 Å². The molecule has 1 N–H and O–H groups in total. The van der Waals surface area contributed by atoms with Crippen LogP contribution in [0.2, 0.25) is 0 Å². The molecule has 1 aromatic rings. The van der Waals surface area contributed by atoms with Crippen LogP contribution in [-0.2, 0) is 16.0 Å². The normalized spacial score (nSPS) is 21.4. The first kappa shape index (κ1) is 19.7. The average molecular weight is 366 g/mol. The maximum atomic E-state index is 12.8. The van der Waals surface area contributed by atoms with Gasteiger partial charge in [0, 0.05) is 37.8 Å². The minimum absolute atomic E-state index is 0. The second kappa shape index (κ2) is 8.68. The molecule has 1 atom stereocenters. The molecule has 25 heavy (non-hydrogen) atoms. The van der Waals surface area contributed by atoms with Gasteiger partial charge in [0.1, 0.15) is 0 Å². The number of para-hydroxylation sites is 1. The van der Waals surface area contributed by atoms with E-state index < -0.39 is 0 Å². The van der Waals surface area contributed by atoms with Crippen molar-refractivity contribution in [2.75, 3.05) is 31.6 Å². The van der Waals surface area contributed by atoms with Crippen molar-refractivity contribution in [2.45, 2.75) is 38.6 Å². The number of aryl methyl sites for hydroxylation is 1. The molecule has 0 radical (unpaired) electrons. The van der Waals surface area contributed by atoms with Crippen LogP contribution >= 0.6 is 12.4 Å². The molecule has 3 rings (SSSR count). The lowest BCUT2D eigenvalue weighted by Gasteiger charge is -2.33. The van der Waals surface area contributed by atoms with E-state index in [1.165, 1.54) is 0 Å². The summed E-state index contributed by atoms with van der Waals surface area (Å²) in [5, 5.41) is 3.28. The van der Waals surface area contributed by atoms with Crippen LogP contribution in [-0.4, -0.2) is 49.4 Å². The first-order chi connectivity index (χ1) is 11.6. The molecular weight excluding hydrogens is 338 g/mol. The SMILES string of the molecule is CCc1ccccc1N1CC(C(=O)N2CCC(NC)CC2)CC1=O.Cl. The topological polar surface area (TPSA) is 52.7 Å². The Bertz CT molecular complexity index is 614. The summed E-state index contributed by atoms with van der Waals surface area (Å²) in [6.07, 6.45) is 3.20. The molecule has 2 saturated heterocycles. The number of nitrogens with zero attached hydrogens (tertiary/aromatic N) is 2. The molecule has 0 aromatic heterocycles. The summed E-state index contributed by atoms with van der Waals surface area (Å²) in [5.41, 5.74) is 2.13. The van der Waals surface area contributed by atoms with E-state index in [-0.39, 0.29) is 30.1 Å². The Morgan fingerprint density at radius 3 is 2.56 bits per heavy atom. The van der Waals surface area contributed by atoms with Crippen LogP contribution in [0.4, 0.5) is 5.69 Å².